The highest BCUT2D eigenvalue weighted by molar-refractivity contribution is 7.87. The molecule has 0 atom stereocenters. The van der Waals surface area contributed by atoms with Gasteiger partial charge in [-0.2, -0.15) is 8.42 Å². The zero-order valence-corrected chi connectivity index (χ0v) is 13.4. The van der Waals surface area contributed by atoms with Crippen molar-refractivity contribution in [2.45, 2.75) is 11.8 Å². The van der Waals surface area contributed by atoms with Gasteiger partial charge in [0.05, 0.1) is 4.92 Å². The molecular formula is C16H12N2O5S. The van der Waals surface area contributed by atoms with Gasteiger partial charge >= 0.3 is 10.1 Å². The van der Waals surface area contributed by atoms with Crippen molar-refractivity contribution in [1.82, 2.24) is 4.98 Å². The first-order valence-electron chi connectivity index (χ1n) is 6.92. The highest BCUT2D eigenvalue weighted by Crippen LogP contribution is 2.28. The van der Waals surface area contributed by atoms with Crippen LogP contribution in [-0.2, 0) is 10.1 Å². The summed E-state index contributed by atoms with van der Waals surface area (Å²) in [5.41, 5.74) is 0.503. The normalized spacial score (nSPS) is 11.4. The van der Waals surface area contributed by atoms with Crippen LogP contribution >= 0.6 is 0 Å². The van der Waals surface area contributed by atoms with Gasteiger partial charge < -0.3 is 4.18 Å². The van der Waals surface area contributed by atoms with Crippen LogP contribution in [0, 0.1) is 17.0 Å². The molecule has 2 aromatic carbocycles. The number of nitrogens with zero attached hydrogens (tertiary/aromatic N) is 2. The predicted octanol–water partition coefficient (Wildman–Crippen LogP) is 3.22. The molecule has 3 rings (SSSR count). The fraction of sp³-hybridized carbons (Fsp3) is 0.0625. The average Bonchev–Trinajstić information content (AvgIpc) is 2.54. The Labute approximate surface area is 137 Å². The van der Waals surface area contributed by atoms with E-state index in [2.05, 4.69) is 4.98 Å². The molecule has 0 aliphatic carbocycles. The van der Waals surface area contributed by atoms with Gasteiger partial charge in [-0.05, 0) is 31.2 Å². The predicted molar refractivity (Wildman–Crippen MR) is 87.4 cm³/mol. The summed E-state index contributed by atoms with van der Waals surface area (Å²) in [6, 6.07) is 12.0. The van der Waals surface area contributed by atoms with E-state index in [1.54, 1.807) is 24.3 Å². The number of para-hydroxylation sites is 1. The fourth-order valence-corrected chi connectivity index (χ4v) is 3.32. The molecule has 24 heavy (non-hydrogen) atoms. The van der Waals surface area contributed by atoms with Gasteiger partial charge in [0.1, 0.15) is 10.4 Å². The van der Waals surface area contributed by atoms with Crippen molar-refractivity contribution in [1.29, 1.82) is 0 Å². The summed E-state index contributed by atoms with van der Waals surface area (Å²) in [7, 11) is -4.13. The van der Waals surface area contributed by atoms with Crippen LogP contribution in [0.5, 0.6) is 5.75 Å². The van der Waals surface area contributed by atoms with Crippen molar-refractivity contribution >= 4 is 26.7 Å². The molecule has 0 amide bonds. The first kappa shape index (κ1) is 15.9. The van der Waals surface area contributed by atoms with E-state index in [4.69, 9.17) is 4.18 Å². The van der Waals surface area contributed by atoms with E-state index in [-0.39, 0.29) is 21.9 Å². The lowest BCUT2D eigenvalue weighted by Gasteiger charge is -2.09. The van der Waals surface area contributed by atoms with Gasteiger partial charge in [-0.1, -0.05) is 18.2 Å². The molecule has 0 bridgehead atoms. The lowest BCUT2D eigenvalue weighted by atomic mass is 10.2. The number of benzene rings is 2. The van der Waals surface area contributed by atoms with Crippen molar-refractivity contribution in [3.05, 3.63) is 70.4 Å². The van der Waals surface area contributed by atoms with Crippen LogP contribution < -0.4 is 4.18 Å². The first-order valence-corrected chi connectivity index (χ1v) is 8.32. The highest BCUT2D eigenvalue weighted by Gasteiger charge is 2.21. The Bertz CT molecular complexity index is 1040. The van der Waals surface area contributed by atoms with Crippen LogP contribution in [0.3, 0.4) is 0 Å². The molecule has 8 heteroatoms. The van der Waals surface area contributed by atoms with E-state index < -0.39 is 15.0 Å². The molecule has 7 nitrogen and oxygen atoms in total. The average molecular weight is 344 g/mol. The summed E-state index contributed by atoms with van der Waals surface area (Å²) in [6.45, 7) is 1.47. The number of rotatable bonds is 4. The monoisotopic (exact) mass is 344 g/mol. The number of nitro groups is 1. The minimum Gasteiger partial charge on any atom is -0.377 e. The third kappa shape index (κ3) is 2.91. The molecule has 0 aliphatic rings. The summed E-state index contributed by atoms with van der Waals surface area (Å²) < 4.78 is 30.1. The number of aromatic nitrogens is 1. The molecule has 0 spiro atoms. The Balaban J connectivity index is 2.02. The van der Waals surface area contributed by atoms with Gasteiger partial charge in [-0.25, -0.2) is 0 Å². The Hall–Kier alpha value is -3.00. The second-order valence-electron chi connectivity index (χ2n) is 5.07. The summed E-state index contributed by atoms with van der Waals surface area (Å²) in [6.07, 6.45) is 1.54. The second kappa shape index (κ2) is 5.89. The van der Waals surface area contributed by atoms with Crippen LogP contribution in [0.15, 0.2) is 59.6 Å². The molecule has 3 aromatic rings. The van der Waals surface area contributed by atoms with E-state index >= 15 is 0 Å². The van der Waals surface area contributed by atoms with Gasteiger partial charge in [0.15, 0.2) is 5.75 Å². The van der Waals surface area contributed by atoms with Crippen LogP contribution in [0.2, 0.25) is 0 Å². The molecule has 0 radical (unpaired) electrons. The quantitative estimate of drug-likeness (QED) is 0.409. The Kier molecular flexibility index (Phi) is 3.90. The van der Waals surface area contributed by atoms with Gasteiger partial charge in [0, 0.05) is 23.2 Å². The third-order valence-electron chi connectivity index (χ3n) is 3.45. The molecule has 0 saturated carbocycles. The molecule has 0 N–H and O–H groups in total. The lowest BCUT2D eigenvalue weighted by molar-refractivity contribution is -0.385. The number of hydrogen-bond acceptors (Lipinski definition) is 6. The van der Waals surface area contributed by atoms with E-state index in [1.807, 2.05) is 0 Å². The smallest absolute Gasteiger partial charge is 0.339 e. The largest absolute Gasteiger partial charge is 0.377 e. The molecule has 0 fully saturated rings. The molecular weight excluding hydrogens is 332 g/mol. The number of fused-ring (bicyclic) bond motifs is 1. The van der Waals surface area contributed by atoms with Crippen molar-refractivity contribution in [2.24, 2.45) is 0 Å². The molecule has 0 unspecified atom stereocenters. The van der Waals surface area contributed by atoms with Crippen LogP contribution in [-0.4, -0.2) is 18.3 Å². The SMILES string of the molecule is Cc1cc(S(=O)(=O)Oc2cccc3cccnc23)ccc1[N+](=O)[O-]. The van der Waals surface area contributed by atoms with E-state index in [0.717, 1.165) is 17.5 Å². The topological polar surface area (TPSA) is 99.4 Å². The maximum Gasteiger partial charge on any atom is 0.339 e. The van der Waals surface area contributed by atoms with Crippen molar-refractivity contribution in [2.75, 3.05) is 0 Å². The first-order chi connectivity index (χ1) is 11.4. The third-order valence-corrected chi connectivity index (χ3v) is 4.68. The Morgan fingerprint density at radius 2 is 1.88 bits per heavy atom. The maximum atomic E-state index is 12.5. The highest BCUT2D eigenvalue weighted by atomic mass is 32.2. The molecule has 1 heterocycles. The van der Waals surface area contributed by atoms with E-state index in [0.29, 0.717) is 5.52 Å². The minimum absolute atomic E-state index is 0.101. The second-order valence-corrected chi connectivity index (χ2v) is 6.62. The number of aryl methyl sites for hydroxylation is 1. The zero-order valence-electron chi connectivity index (χ0n) is 12.5. The van der Waals surface area contributed by atoms with Crippen molar-refractivity contribution in [3.63, 3.8) is 0 Å². The van der Waals surface area contributed by atoms with Crippen LogP contribution in [0.25, 0.3) is 10.9 Å². The molecule has 0 saturated heterocycles. The molecule has 0 aliphatic heterocycles. The standard InChI is InChI=1S/C16H12N2O5S/c1-11-10-13(7-8-14(11)18(19)20)24(21,22)23-15-6-2-4-12-5-3-9-17-16(12)15/h2-10H,1H3. The molecule has 1 aromatic heterocycles. The summed E-state index contributed by atoms with van der Waals surface area (Å²) >= 11 is 0. The fourth-order valence-electron chi connectivity index (χ4n) is 2.30. The Morgan fingerprint density at radius 3 is 2.58 bits per heavy atom. The van der Waals surface area contributed by atoms with Crippen LogP contribution in [0.1, 0.15) is 5.56 Å². The van der Waals surface area contributed by atoms with Gasteiger partial charge in [-0.3, -0.25) is 15.1 Å². The lowest BCUT2D eigenvalue weighted by Crippen LogP contribution is -2.10. The summed E-state index contributed by atoms with van der Waals surface area (Å²) in [5, 5.41) is 11.6. The summed E-state index contributed by atoms with van der Waals surface area (Å²) in [5.74, 6) is 0.101. The Morgan fingerprint density at radius 1 is 1.12 bits per heavy atom. The number of pyridine rings is 1. The van der Waals surface area contributed by atoms with Crippen molar-refractivity contribution in [3.8, 4) is 5.75 Å². The van der Waals surface area contributed by atoms with Gasteiger partial charge in [0.25, 0.3) is 5.69 Å². The summed E-state index contributed by atoms with van der Waals surface area (Å²) in [4.78, 5) is 14.2. The number of hydrogen-bond donors (Lipinski definition) is 0. The van der Waals surface area contributed by atoms with Crippen molar-refractivity contribution < 1.29 is 17.5 Å². The van der Waals surface area contributed by atoms with E-state index in [1.165, 1.54) is 25.3 Å². The zero-order chi connectivity index (χ0) is 17.3. The van der Waals surface area contributed by atoms with Crippen LogP contribution in [0.4, 0.5) is 5.69 Å². The van der Waals surface area contributed by atoms with Gasteiger partial charge in [0.2, 0.25) is 0 Å². The minimum atomic E-state index is -4.13. The molecule has 122 valence electrons. The maximum absolute atomic E-state index is 12.5. The number of nitro benzene ring substituents is 1. The van der Waals surface area contributed by atoms with Gasteiger partial charge in [-0.15, -0.1) is 0 Å². The van der Waals surface area contributed by atoms with E-state index in [9.17, 15) is 18.5 Å².